The fourth-order valence-corrected chi connectivity index (χ4v) is 4.67. The summed E-state index contributed by atoms with van der Waals surface area (Å²) in [6.07, 6.45) is 4.77. The van der Waals surface area contributed by atoms with Gasteiger partial charge >= 0.3 is 0 Å². The van der Waals surface area contributed by atoms with Crippen molar-refractivity contribution in [1.29, 1.82) is 0 Å². The molecule has 2 rings (SSSR count). The standard InChI is InChI=1S/C19H36N2O3/c1-14-9-15(11-19(2,3)10-14)18(23)20-16-5-7-21(8-6-16)12-17(22)13-24-4/h14-17,22H,5-13H2,1-4H3,(H,20,23). The van der Waals surface area contributed by atoms with Crippen molar-refractivity contribution in [2.45, 2.75) is 65.0 Å². The highest BCUT2D eigenvalue weighted by Crippen LogP contribution is 2.41. The predicted octanol–water partition coefficient (Wildman–Crippen LogP) is 2.04. The summed E-state index contributed by atoms with van der Waals surface area (Å²) in [5.74, 6) is 1.06. The molecule has 2 fully saturated rings. The van der Waals surface area contributed by atoms with Gasteiger partial charge in [-0.3, -0.25) is 4.79 Å². The third kappa shape index (κ3) is 6.01. The molecule has 0 spiro atoms. The van der Waals surface area contributed by atoms with Crippen LogP contribution in [0.3, 0.4) is 0 Å². The number of aliphatic hydroxyl groups is 1. The summed E-state index contributed by atoms with van der Waals surface area (Å²) in [6, 6.07) is 0.286. The number of methoxy groups -OCH3 is 1. The third-order valence-corrected chi connectivity index (χ3v) is 5.52. The molecule has 2 aliphatic rings. The van der Waals surface area contributed by atoms with E-state index in [1.807, 2.05) is 0 Å². The maximum absolute atomic E-state index is 12.7. The normalized spacial score (nSPS) is 30.0. The zero-order valence-corrected chi connectivity index (χ0v) is 15.9. The van der Waals surface area contributed by atoms with Gasteiger partial charge in [-0.2, -0.15) is 0 Å². The van der Waals surface area contributed by atoms with E-state index in [4.69, 9.17) is 4.74 Å². The number of nitrogens with one attached hydrogen (secondary N) is 1. The molecule has 1 saturated heterocycles. The summed E-state index contributed by atoms with van der Waals surface area (Å²) < 4.78 is 4.98. The van der Waals surface area contributed by atoms with Crippen LogP contribution in [0.4, 0.5) is 0 Å². The fraction of sp³-hybridized carbons (Fsp3) is 0.947. The van der Waals surface area contributed by atoms with Gasteiger partial charge in [0.15, 0.2) is 0 Å². The Bertz CT molecular complexity index is 405. The van der Waals surface area contributed by atoms with Crippen molar-refractivity contribution in [3.05, 3.63) is 0 Å². The lowest BCUT2D eigenvalue weighted by molar-refractivity contribution is -0.129. The van der Waals surface area contributed by atoms with E-state index in [2.05, 4.69) is 31.0 Å². The lowest BCUT2D eigenvalue weighted by atomic mass is 9.68. The zero-order valence-electron chi connectivity index (χ0n) is 15.9. The Morgan fingerprint density at radius 3 is 2.58 bits per heavy atom. The van der Waals surface area contributed by atoms with Crippen molar-refractivity contribution < 1.29 is 14.6 Å². The Labute approximate surface area is 147 Å². The largest absolute Gasteiger partial charge is 0.389 e. The number of likely N-dealkylation sites (tertiary alicyclic amines) is 1. The Kier molecular flexibility index (Phi) is 7.08. The Balaban J connectivity index is 1.74. The molecule has 5 heteroatoms. The number of carbonyl (C=O) groups is 1. The second kappa shape index (κ2) is 8.63. The summed E-state index contributed by atoms with van der Waals surface area (Å²) >= 11 is 0. The van der Waals surface area contributed by atoms with Gasteiger partial charge in [0.2, 0.25) is 5.91 Å². The molecular weight excluding hydrogens is 304 g/mol. The zero-order chi connectivity index (χ0) is 17.7. The molecule has 3 unspecified atom stereocenters. The van der Waals surface area contributed by atoms with Gasteiger partial charge in [0, 0.05) is 38.7 Å². The number of piperidine rings is 1. The summed E-state index contributed by atoms with van der Waals surface area (Å²) in [7, 11) is 1.61. The van der Waals surface area contributed by atoms with Crippen molar-refractivity contribution in [1.82, 2.24) is 10.2 Å². The van der Waals surface area contributed by atoms with Gasteiger partial charge < -0.3 is 20.1 Å². The molecule has 5 nitrogen and oxygen atoms in total. The van der Waals surface area contributed by atoms with Crippen LogP contribution in [0.5, 0.6) is 0 Å². The summed E-state index contributed by atoms with van der Waals surface area (Å²) in [6.45, 7) is 9.73. The molecule has 0 bridgehead atoms. The molecule has 1 aliphatic heterocycles. The van der Waals surface area contributed by atoms with E-state index >= 15 is 0 Å². The highest BCUT2D eigenvalue weighted by atomic mass is 16.5. The minimum atomic E-state index is -0.424. The molecule has 1 aliphatic carbocycles. The number of ether oxygens (including phenoxy) is 1. The van der Waals surface area contributed by atoms with Crippen molar-refractivity contribution in [2.24, 2.45) is 17.3 Å². The van der Waals surface area contributed by atoms with E-state index in [0.29, 0.717) is 19.1 Å². The summed E-state index contributed by atoms with van der Waals surface area (Å²) in [5, 5.41) is 13.1. The van der Waals surface area contributed by atoms with Crippen LogP contribution < -0.4 is 5.32 Å². The van der Waals surface area contributed by atoms with Crippen LogP contribution in [0.1, 0.15) is 52.9 Å². The van der Waals surface area contributed by atoms with E-state index in [0.717, 1.165) is 38.8 Å². The van der Waals surface area contributed by atoms with Crippen molar-refractivity contribution >= 4 is 5.91 Å². The van der Waals surface area contributed by atoms with Gasteiger partial charge in [-0.05, 0) is 43.4 Å². The van der Waals surface area contributed by atoms with Gasteiger partial charge in [0.25, 0.3) is 0 Å². The average molecular weight is 341 g/mol. The summed E-state index contributed by atoms with van der Waals surface area (Å²) in [4.78, 5) is 14.9. The maximum atomic E-state index is 12.7. The molecule has 1 saturated carbocycles. The first-order chi connectivity index (χ1) is 11.3. The Hall–Kier alpha value is -0.650. The number of amides is 1. The molecule has 0 radical (unpaired) electrons. The molecule has 0 aromatic rings. The number of carbonyl (C=O) groups excluding carboxylic acids is 1. The molecule has 140 valence electrons. The quantitative estimate of drug-likeness (QED) is 0.777. The molecule has 24 heavy (non-hydrogen) atoms. The molecule has 0 aromatic carbocycles. The molecule has 0 aromatic heterocycles. The van der Waals surface area contributed by atoms with Crippen LogP contribution in [0.2, 0.25) is 0 Å². The lowest BCUT2D eigenvalue weighted by Gasteiger charge is -2.39. The second-order valence-corrected chi connectivity index (χ2v) is 8.80. The maximum Gasteiger partial charge on any atom is 0.223 e. The number of hydrogen-bond donors (Lipinski definition) is 2. The third-order valence-electron chi connectivity index (χ3n) is 5.52. The first-order valence-corrected chi connectivity index (χ1v) is 9.49. The summed E-state index contributed by atoms with van der Waals surface area (Å²) in [5.41, 5.74) is 0.278. The number of β-amino-alcohol motifs (C(OH)–C–C–N with tert-alkyl or cyclic N) is 1. The topological polar surface area (TPSA) is 61.8 Å². The molecule has 1 heterocycles. The lowest BCUT2D eigenvalue weighted by Crippen LogP contribution is -2.49. The molecular formula is C19H36N2O3. The van der Waals surface area contributed by atoms with Gasteiger partial charge in [-0.1, -0.05) is 20.8 Å². The first-order valence-electron chi connectivity index (χ1n) is 9.49. The van der Waals surface area contributed by atoms with E-state index in [9.17, 15) is 9.90 Å². The van der Waals surface area contributed by atoms with E-state index in [1.165, 1.54) is 6.42 Å². The van der Waals surface area contributed by atoms with Crippen molar-refractivity contribution in [3.8, 4) is 0 Å². The van der Waals surface area contributed by atoms with Gasteiger partial charge in [-0.25, -0.2) is 0 Å². The van der Waals surface area contributed by atoms with E-state index < -0.39 is 6.10 Å². The molecule has 1 amide bonds. The average Bonchev–Trinajstić information content (AvgIpc) is 2.47. The Morgan fingerprint density at radius 1 is 1.33 bits per heavy atom. The highest BCUT2D eigenvalue weighted by Gasteiger charge is 2.36. The minimum Gasteiger partial charge on any atom is -0.389 e. The number of aliphatic hydroxyl groups excluding tert-OH is 1. The van der Waals surface area contributed by atoms with Gasteiger partial charge in [0.1, 0.15) is 0 Å². The van der Waals surface area contributed by atoms with Crippen LogP contribution in [0, 0.1) is 17.3 Å². The first kappa shape index (κ1) is 19.7. The van der Waals surface area contributed by atoms with Crippen LogP contribution in [-0.4, -0.2) is 61.4 Å². The van der Waals surface area contributed by atoms with E-state index in [-0.39, 0.29) is 23.3 Å². The van der Waals surface area contributed by atoms with Crippen LogP contribution in [0.15, 0.2) is 0 Å². The van der Waals surface area contributed by atoms with Crippen molar-refractivity contribution in [3.63, 3.8) is 0 Å². The van der Waals surface area contributed by atoms with Gasteiger partial charge in [-0.15, -0.1) is 0 Å². The van der Waals surface area contributed by atoms with Crippen molar-refractivity contribution in [2.75, 3.05) is 33.4 Å². The monoisotopic (exact) mass is 340 g/mol. The van der Waals surface area contributed by atoms with Crippen LogP contribution >= 0.6 is 0 Å². The van der Waals surface area contributed by atoms with Crippen LogP contribution in [0.25, 0.3) is 0 Å². The predicted molar refractivity (Wildman–Crippen MR) is 95.8 cm³/mol. The van der Waals surface area contributed by atoms with Gasteiger partial charge in [0.05, 0.1) is 12.7 Å². The number of nitrogens with zero attached hydrogens (tertiary/aromatic N) is 1. The van der Waals surface area contributed by atoms with Crippen LogP contribution in [-0.2, 0) is 9.53 Å². The van der Waals surface area contributed by atoms with E-state index in [1.54, 1.807) is 7.11 Å². The molecule has 2 N–H and O–H groups in total. The fourth-order valence-electron chi connectivity index (χ4n) is 4.67. The minimum absolute atomic E-state index is 0.172. The number of hydrogen-bond acceptors (Lipinski definition) is 4. The highest BCUT2D eigenvalue weighted by molar-refractivity contribution is 5.79. The smallest absolute Gasteiger partial charge is 0.223 e. The number of rotatable bonds is 6. The second-order valence-electron chi connectivity index (χ2n) is 8.80. The molecule has 3 atom stereocenters. The Morgan fingerprint density at radius 2 is 2.00 bits per heavy atom. The SMILES string of the molecule is COCC(O)CN1CCC(NC(=O)C2CC(C)CC(C)(C)C2)CC1.